The lowest BCUT2D eigenvalue weighted by atomic mass is 9.93. The molecule has 15 heavy (non-hydrogen) atoms. The van der Waals surface area contributed by atoms with Gasteiger partial charge in [-0.15, -0.1) is 0 Å². The molecule has 2 rings (SSSR count). The van der Waals surface area contributed by atoms with Gasteiger partial charge in [-0.05, 0) is 46.4 Å². The van der Waals surface area contributed by atoms with Crippen LogP contribution in [0.25, 0.3) is 0 Å². The molecule has 0 N–H and O–H groups in total. The Labute approximate surface area is 99.8 Å². The fourth-order valence-electron chi connectivity index (χ4n) is 2.09. The minimum Gasteiger partial charge on any atom is -0.297 e. The van der Waals surface area contributed by atoms with Crippen molar-refractivity contribution < 1.29 is 0 Å². The molecule has 0 atom stereocenters. The third-order valence-electron chi connectivity index (χ3n) is 2.93. The Kier molecular flexibility index (Phi) is 3.12. The van der Waals surface area contributed by atoms with E-state index < -0.39 is 0 Å². The summed E-state index contributed by atoms with van der Waals surface area (Å²) in [4.78, 5) is 6.88. The Morgan fingerprint density at radius 2 is 2.27 bits per heavy atom. The van der Waals surface area contributed by atoms with Crippen LogP contribution in [0, 0.1) is 5.41 Å². The lowest BCUT2D eigenvalue weighted by Crippen LogP contribution is -2.23. The first-order valence-corrected chi connectivity index (χ1v) is 6.17. The Bertz CT molecular complexity index is 332. The molecule has 1 aromatic rings. The van der Waals surface area contributed by atoms with Gasteiger partial charge in [-0.3, -0.25) is 9.88 Å². The fourth-order valence-corrected chi connectivity index (χ4v) is 2.32. The number of aromatic nitrogens is 1. The van der Waals surface area contributed by atoms with Gasteiger partial charge < -0.3 is 0 Å². The molecule has 0 aromatic carbocycles. The van der Waals surface area contributed by atoms with Gasteiger partial charge in [0.15, 0.2) is 0 Å². The molecule has 0 bridgehead atoms. The summed E-state index contributed by atoms with van der Waals surface area (Å²) in [6, 6.07) is 4.15. The van der Waals surface area contributed by atoms with Crippen molar-refractivity contribution in [2.45, 2.75) is 26.8 Å². The summed E-state index contributed by atoms with van der Waals surface area (Å²) in [6.45, 7) is 8.04. The second kappa shape index (κ2) is 4.22. The molecule has 0 spiro atoms. The second-order valence-corrected chi connectivity index (χ2v) is 6.01. The van der Waals surface area contributed by atoms with Crippen LogP contribution < -0.4 is 0 Å². The molecule has 2 heterocycles. The summed E-state index contributed by atoms with van der Waals surface area (Å²) in [5, 5.41) is 0. The summed E-state index contributed by atoms with van der Waals surface area (Å²) in [5.74, 6) is 0. The van der Waals surface area contributed by atoms with Crippen molar-refractivity contribution in [3.63, 3.8) is 0 Å². The highest BCUT2D eigenvalue weighted by atomic mass is 79.9. The van der Waals surface area contributed by atoms with E-state index in [0.29, 0.717) is 5.41 Å². The van der Waals surface area contributed by atoms with Gasteiger partial charge in [0.2, 0.25) is 0 Å². The van der Waals surface area contributed by atoms with E-state index in [-0.39, 0.29) is 0 Å². The third kappa shape index (κ3) is 3.02. The van der Waals surface area contributed by atoms with E-state index in [1.165, 1.54) is 19.5 Å². The molecule has 82 valence electrons. The van der Waals surface area contributed by atoms with Crippen LogP contribution in [0.5, 0.6) is 0 Å². The Morgan fingerprint density at radius 1 is 1.47 bits per heavy atom. The Balaban J connectivity index is 1.96. The minimum absolute atomic E-state index is 0.482. The molecule has 0 amide bonds. The highest BCUT2D eigenvalue weighted by molar-refractivity contribution is 9.10. The molecule has 0 aliphatic carbocycles. The Hall–Kier alpha value is -0.410. The van der Waals surface area contributed by atoms with Crippen LogP contribution in [0.4, 0.5) is 0 Å². The first kappa shape index (κ1) is 11.1. The highest BCUT2D eigenvalue weighted by Gasteiger charge is 2.28. The monoisotopic (exact) mass is 268 g/mol. The SMILES string of the molecule is CC1(C)CCN(Cc2ccc(Br)cn2)C1. The molecule has 0 radical (unpaired) electrons. The zero-order valence-electron chi connectivity index (χ0n) is 9.33. The molecule has 1 aromatic heterocycles. The van der Waals surface area contributed by atoms with Crippen LogP contribution in [0.15, 0.2) is 22.8 Å². The predicted octanol–water partition coefficient (Wildman–Crippen LogP) is 3.08. The van der Waals surface area contributed by atoms with Gasteiger partial charge in [0.05, 0.1) is 5.69 Å². The van der Waals surface area contributed by atoms with E-state index in [0.717, 1.165) is 16.7 Å². The Morgan fingerprint density at radius 3 is 2.80 bits per heavy atom. The quantitative estimate of drug-likeness (QED) is 0.820. The van der Waals surface area contributed by atoms with Crippen molar-refractivity contribution in [3.8, 4) is 0 Å². The summed E-state index contributed by atoms with van der Waals surface area (Å²) >= 11 is 3.40. The standard InChI is InChI=1S/C12H17BrN2/c1-12(2)5-6-15(9-12)8-11-4-3-10(13)7-14-11/h3-4,7H,5-6,8-9H2,1-2H3. The molecule has 3 heteroatoms. The normalized spacial score (nSPS) is 20.7. The van der Waals surface area contributed by atoms with Crippen molar-refractivity contribution in [2.75, 3.05) is 13.1 Å². The smallest absolute Gasteiger partial charge is 0.0544 e. The van der Waals surface area contributed by atoms with E-state index in [9.17, 15) is 0 Å². The van der Waals surface area contributed by atoms with E-state index >= 15 is 0 Å². The number of rotatable bonds is 2. The van der Waals surface area contributed by atoms with Crippen molar-refractivity contribution in [1.29, 1.82) is 0 Å². The number of hydrogen-bond donors (Lipinski definition) is 0. The summed E-state index contributed by atoms with van der Waals surface area (Å²) < 4.78 is 1.05. The fraction of sp³-hybridized carbons (Fsp3) is 0.583. The average Bonchev–Trinajstić information content (AvgIpc) is 2.50. The van der Waals surface area contributed by atoms with Crippen molar-refractivity contribution in [1.82, 2.24) is 9.88 Å². The third-order valence-corrected chi connectivity index (χ3v) is 3.40. The first-order valence-electron chi connectivity index (χ1n) is 5.38. The van der Waals surface area contributed by atoms with Gasteiger partial charge >= 0.3 is 0 Å². The van der Waals surface area contributed by atoms with Crippen molar-refractivity contribution in [2.24, 2.45) is 5.41 Å². The second-order valence-electron chi connectivity index (χ2n) is 5.09. The zero-order chi connectivity index (χ0) is 10.9. The van der Waals surface area contributed by atoms with Gasteiger partial charge in [0.25, 0.3) is 0 Å². The van der Waals surface area contributed by atoms with Crippen LogP contribution in [0.1, 0.15) is 26.0 Å². The molecule has 1 aliphatic rings. The highest BCUT2D eigenvalue weighted by Crippen LogP contribution is 2.29. The summed E-state index contributed by atoms with van der Waals surface area (Å²) in [5.41, 5.74) is 1.64. The van der Waals surface area contributed by atoms with Crippen molar-refractivity contribution >= 4 is 15.9 Å². The van der Waals surface area contributed by atoms with Crippen LogP contribution in [-0.2, 0) is 6.54 Å². The molecular weight excluding hydrogens is 252 g/mol. The van der Waals surface area contributed by atoms with Crippen LogP contribution in [0.3, 0.4) is 0 Å². The van der Waals surface area contributed by atoms with E-state index in [1.807, 2.05) is 6.20 Å². The number of halogens is 1. The van der Waals surface area contributed by atoms with E-state index in [4.69, 9.17) is 0 Å². The molecule has 1 saturated heterocycles. The molecule has 1 aliphatic heterocycles. The first-order chi connectivity index (χ1) is 7.05. The van der Waals surface area contributed by atoms with Crippen LogP contribution in [-0.4, -0.2) is 23.0 Å². The topological polar surface area (TPSA) is 16.1 Å². The lowest BCUT2D eigenvalue weighted by Gasteiger charge is -2.19. The average molecular weight is 269 g/mol. The zero-order valence-corrected chi connectivity index (χ0v) is 10.9. The molecule has 0 saturated carbocycles. The number of hydrogen-bond acceptors (Lipinski definition) is 2. The van der Waals surface area contributed by atoms with Crippen molar-refractivity contribution in [3.05, 3.63) is 28.5 Å². The van der Waals surface area contributed by atoms with Crippen LogP contribution >= 0.6 is 15.9 Å². The molecule has 1 fully saturated rings. The number of likely N-dealkylation sites (tertiary alicyclic amines) is 1. The maximum atomic E-state index is 4.40. The molecule has 2 nitrogen and oxygen atoms in total. The number of nitrogens with zero attached hydrogens (tertiary/aromatic N) is 2. The van der Waals surface area contributed by atoms with Gasteiger partial charge in [-0.1, -0.05) is 13.8 Å². The van der Waals surface area contributed by atoms with E-state index in [1.54, 1.807) is 0 Å². The number of pyridine rings is 1. The largest absolute Gasteiger partial charge is 0.297 e. The minimum atomic E-state index is 0.482. The lowest BCUT2D eigenvalue weighted by molar-refractivity contribution is 0.281. The predicted molar refractivity (Wildman–Crippen MR) is 65.6 cm³/mol. The van der Waals surface area contributed by atoms with Gasteiger partial charge in [0.1, 0.15) is 0 Å². The molecular formula is C12H17BrN2. The van der Waals surface area contributed by atoms with E-state index in [2.05, 4.69) is 51.8 Å². The summed E-state index contributed by atoms with van der Waals surface area (Å²) in [6.07, 6.45) is 3.17. The molecule has 0 unspecified atom stereocenters. The van der Waals surface area contributed by atoms with Gasteiger partial charge in [0, 0.05) is 23.8 Å². The summed E-state index contributed by atoms with van der Waals surface area (Å²) in [7, 11) is 0. The maximum absolute atomic E-state index is 4.40. The van der Waals surface area contributed by atoms with Gasteiger partial charge in [-0.25, -0.2) is 0 Å². The maximum Gasteiger partial charge on any atom is 0.0544 e. The van der Waals surface area contributed by atoms with Gasteiger partial charge in [-0.2, -0.15) is 0 Å². The van der Waals surface area contributed by atoms with Crippen LogP contribution in [0.2, 0.25) is 0 Å².